The number of para-hydroxylation sites is 1. The SMILES string of the molecule is Cc1nn(-c2ccccc2)nc1C(=O)Nc1ccc(N2CCOCC2)c(Cl)c1. The standard InChI is InChI=1S/C20H20ClN5O2/c1-14-19(24-26(23-14)16-5-3-2-4-6-16)20(27)22-15-7-8-18(17(21)13-15)25-9-11-28-12-10-25/h2-8,13H,9-12H2,1H3,(H,22,27). The Bertz CT molecular complexity index is 984. The smallest absolute Gasteiger partial charge is 0.278 e. The zero-order valence-corrected chi connectivity index (χ0v) is 16.2. The molecule has 2 aromatic carbocycles. The minimum absolute atomic E-state index is 0.275. The Balaban J connectivity index is 1.51. The van der Waals surface area contributed by atoms with E-state index in [0.29, 0.717) is 29.6 Å². The molecule has 0 saturated carbocycles. The van der Waals surface area contributed by atoms with E-state index in [1.807, 2.05) is 42.5 Å². The van der Waals surface area contributed by atoms with Crippen molar-refractivity contribution >= 4 is 28.9 Å². The van der Waals surface area contributed by atoms with Gasteiger partial charge < -0.3 is 15.0 Å². The molecular formula is C20H20ClN5O2. The summed E-state index contributed by atoms with van der Waals surface area (Å²) in [6.45, 7) is 4.73. The maximum absolute atomic E-state index is 12.7. The predicted octanol–water partition coefficient (Wildman–Crippen LogP) is 3.32. The number of anilines is 2. The Morgan fingerprint density at radius 2 is 1.86 bits per heavy atom. The lowest BCUT2D eigenvalue weighted by atomic mass is 10.2. The Morgan fingerprint density at radius 1 is 1.11 bits per heavy atom. The van der Waals surface area contributed by atoms with Crippen LogP contribution in [-0.2, 0) is 4.74 Å². The molecule has 0 atom stereocenters. The molecule has 8 heteroatoms. The number of aryl methyl sites for hydroxylation is 1. The molecule has 7 nitrogen and oxygen atoms in total. The maximum atomic E-state index is 12.7. The molecule has 1 fully saturated rings. The number of aromatic nitrogens is 3. The van der Waals surface area contributed by atoms with Gasteiger partial charge in [0.25, 0.3) is 5.91 Å². The van der Waals surface area contributed by atoms with Gasteiger partial charge in [-0.1, -0.05) is 29.8 Å². The van der Waals surface area contributed by atoms with Gasteiger partial charge >= 0.3 is 0 Å². The summed E-state index contributed by atoms with van der Waals surface area (Å²) in [5, 5.41) is 12.1. The molecule has 0 aliphatic carbocycles. The number of amides is 1. The van der Waals surface area contributed by atoms with Crippen LogP contribution in [-0.4, -0.2) is 47.2 Å². The van der Waals surface area contributed by atoms with Gasteiger partial charge in [-0.15, -0.1) is 5.10 Å². The Kier molecular flexibility index (Phi) is 5.27. The van der Waals surface area contributed by atoms with Gasteiger partial charge in [0.2, 0.25) is 0 Å². The average molecular weight is 398 g/mol. The van der Waals surface area contributed by atoms with Crippen molar-refractivity contribution in [1.29, 1.82) is 0 Å². The highest BCUT2D eigenvalue weighted by Crippen LogP contribution is 2.29. The first kappa shape index (κ1) is 18.5. The maximum Gasteiger partial charge on any atom is 0.278 e. The number of nitrogens with zero attached hydrogens (tertiary/aromatic N) is 4. The molecule has 3 aromatic rings. The van der Waals surface area contributed by atoms with Crippen molar-refractivity contribution in [1.82, 2.24) is 15.0 Å². The quantitative estimate of drug-likeness (QED) is 0.731. The third kappa shape index (κ3) is 3.85. The van der Waals surface area contributed by atoms with Gasteiger partial charge in [0.05, 0.1) is 35.3 Å². The number of nitrogens with one attached hydrogen (secondary N) is 1. The van der Waals surface area contributed by atoms with Gasteiger partial charge in [-0.25, -0.2) is 0 Å². The first-order chi connectivity index (χ1) is 13.6. The van der Waals surface area contributed by atoms with Crippen LogP contribution in [0.15, 0.2) is 48.5 Å². The van der Waals surface area contributed by atoms with Crippen LogP contribution in [0.1, 0.15) is 16.2 Å². The van der Waals surface area contributed by atoms with Crippen LogP contribution in [0.2, 0.25) is 5.02 Å². The highest BCUT2D eigenvalue weighted by atomic mass is 35.5. The molecule has 2 heterocycles. The second kappa shape index (κ2) is 8.00. The summed E-state index contributed by atoms with van der Waals surface area (Å²) in [7, 11) is 0. The summed E-state index contributed by atoms with van der Waals surface area (Å²) >= 11 is 6.44. The number of carbonyl (C=O) groups excluding carboxylic acids is 1. The second-order valence-corrected chi connectivity index (χ2v) is 6.89. The second-order valence-electron chi connectivity index (χ2n) is 6.48. The molecule has 1 amide bonds. The van der Waals surface area contributed by atoms with Crippen LogP contribution in [0.5, 0.6) is 0 Å². The number of benzene rings is 2. The molecule has 4 rings (SSSR count). The lowest BCUT2D eigenvalue weighted by Crippen LogP contribution is -2.36. The fourth-order valence-electron chi connectivity index (χ4n) is 3.10. The third-order valence-corrected chi connectivity index (χ3v) is 4.84. The minimum Gasteiger partial charge on any atom is -0.378 e. The van der Waals surface area contributed by atoms with E-state index >= 15 is 0 Å². The van der Waals surface area contributed by atoms with Crippen molar-refractivity contribution in [2.24, 2.45) is 0 Å². The van der Waals surface area contributed by atoms with Crippen LogP contribution < -0.4 is 10.2 Å². The Labute approximate surface area is 167 Å². The Morgan fingerprint density at radius 3 is 2.57 bits per heavy atom. The molecule has 28 heavy (non-hydrogen) atoms. The van der Waals surface area contributed by atoms with E-state index in [-0.39, 0.29) is 11.6 Å². The first-order valence-electron chi connectivity index (χ1n) is 9.05. The van der Waals surface area contributed by atoms with Gasteiger partial charge in [-0.2, -0.15) is 9.90 Å². The van der Waals surface area contributed by atoms with Crippen molar-refractivity contribution in [3.8, 4) is 5.69 Å². The van der Waals surface area contributed by atoms with Gasteiger partial charge in [-0.05, 0) is 37.3 Å². The molecular weight excluding hydrogens is 378 g/mol. The number of ether oxygens (including phenoxy) is 1. The van der Waals surface area contributed by atoms with Gasteiger partial charge in [0.15, 0.2) is 5.69 Å². The summed E-state index contributed by atoms with van der Waals surface area (Å²) in [5.41, 5.74) is 3.17. The van der Waals surface area contributed by atoms with Crippen LogP contribution in [0.3, 0.4) is 0 Å². The highest BCUT2D eigenvalue weighted by molar-refractivity contribution is 6.33. The number of hydrogen-bond donors (Lipinski definition) is 1. The number of carbonyl (C=O) groups is 1. The monoisotopic (exact) mass is 397 g/mol. The molecule has 1 aliphatic heterocycles. The largest absolute Gasteiger partial charge is 0.378 e. The number of hydrogen-bond acceptors (Lipinski definition) is 5. The molecule has 1 aromatic heterocycles. The molecule has 1 saturated heterocycles. The van der Waals surface area contributed by atoms with Crippen LogP contribution >= 0.6 is 11.6 Å². The molecule has 1 N–H and O–H groups in total. The van der Waals surface area contributed by atoms with E-state index in [0.717, 1.165) is 24.5 Å². The summed E-state index contributed by atoms with van der Waals surface area (Å²) in [5.74, 6) is -0.324. The van der Waals surface area contributed by atoms with Crippen LogP contribution in [0, 0.1) is 6.92 Å². The van der Waals surface area contributed by atoms with Crippen molar-refractivity contribution < 1.29 is 9.53 Å². The summed E-state index contributed by atoms with van der Waals surface area (Å²) < 4.78 is 5.37. The van der Waals surface area contributed by atoms with Gasteiger partial charge in [0, 0.05) is 18.8 Å². The van der Waals surface area contributed by atoms with Gasteiger partial charge in [-0.3, -0.25) is 4.79 Å². The first-order valence-corrected chi connectivity index (χ1v) is 9.42. The van der Waals surface area contributed by atoms with Crippen molar-refractivity contribution in [3.05, 3.63) is 64.9 Å². The van der Waals surface area contributed by atoms with Crippen molar-refractivity contribution in [2.45, 2.75) is 6.92 Å². The van der Waals surface area contributed by atoms with Crippen LogP contribution in [0.4, 0.5) is 11.4 Å². The third-order valence-electron chi connectivity index (χ3n) is 4.54. The van der Waals surface area contributed by atoms with Crippen LogP contribution in [0.25, 0.3) is 5.69 Å². The van der Waals surface area contributed by atoms with E-state index in [2.05, 4.69) is 20.4 Å². The zero-order chi connectivity index (χ0) is 19.5. The van der Waals surface area contributed by atoms with E-state index in [4.69, 9.17) is 16.3 Å². The average Bonchev–Trinajstić information content (AvgIpc) is 3.11. The predicted molar refractivity (Wildman–Crippen MR) is 109 cm³/mol. The summed E-state index contributed by atoms with van der Waals surface area (Å²) in [4.78, 5) is 16.3. The van der Waals surface area contributed by atoms with E-state index < -0.39 is 0 Å². The molecule has 144 valence electrons. The molecule has 0 unspecified atom stereocenters. The molecule has 0 radical (unpaired) electrons. The molecule has 0 spiro atoms. The summed E-state index contributed by atoms with van der Waals surface area (Å²) in [6, 6.07) is 15.0. The Hall–Kier alpha value is -2.90. The highest BCUT2D eigenvalue weighted by Gasteiger charge is 2.18. The van der Waals surface area contributed by atoms with Crippen molar-refractivity contribution in [3.63, 3.8) is 0 Å². The van der Waals surface area contributed by atoms with Gasteiger partial charge in [0.1, 0.15) is 0 Å². The minimum atomic E-state index is -0.324. The lowest BCUT2D eigenvalue weighted by molar-refractivity contribution is 0.102. The molecule has 1 aliphatic rings. The topological polar surface area (TPSA) is 72.3 Å². The summed E-state index contributed by atoms with van der Waals surface area (Å²) in [6.07, 6.45) is 0. The fourth-order valence-corrected chi connectivity index (χ4v) is 3.40. The van der Waals surface area contributed by atoms with E-state index in [1.165, 1.54) is 4.80 Å². The normalized spacial score (nSPS) is 14.1. The number of rotatable bonds is 4. The lowest BCUT2D eigenvalue weighted by Gasteiger charge is -2.29. The fraction of sp³-hybridized carbons (Fsp3) is 0.250. The number of halogens is 1. The zero-order valence-electron chi connectivity index (χ0n) is 15.4. The number of morpholine rings is 1. The van der Waals surface area contributed by atoms with Crippen molar-refractivity contribution in [2.75, 3.05) is 36.5 Å². The molecule has 0 bridgehead atoms. The van der Waals surface area contributed by atoms with E-state index in [1.54, 1.807) is 13.0 Å². The van der Waals surface area contributed by atoms with E-state index in [9.17, 15) is 4.79 Å².